The zero-order valence-corrected chi connectivity index (χ0v) is 10.7. The minimum absolute atomic E-state index is 0.194. The Hall–Kier alpha value is -0.610. The number of hydrogen-bond acceptors (Lipinski definition) is 3. The van der Waals surface area contributed by atoms with Gasteiger partial charge in [0.15, 0.2) is 0 Å². The highest BCUT2D eigenvalue weighted by molar-refractivity contribution is 5.83. The van der Waals surface area contributed by atoms with Crippen LogP contribution in [0.2, 0.25) is 0 Å². The number of carbonyl (C=O) groups is 1. The maximum atomic E-state index is 12.6. The van der Waals surface area contributed by atoms with Crippen molar-refractivity contribution in [3.63, 3.8) is 0 Å². The predicted octanol–water partition coefficient (Wildman–Crippen LogP) is 1.18. The summed E-state index contributed by atoms with van der Waals surface area (Å²) in [4.78, 5) is 14.4. The molecule has 1 N–H and O–H groups in total. The maximum absolute atomic E-state index is 12.6. The fourth-order valence-corrected chi connectivity index (χ4v) is 3.18. The molecule has 98 valence electrons. The summed E-state index contributed by atoms with van der Waals surface area (Å²) in [5.74, 6) is 0.253. The zero-order valence-electron chi connectivity index (χ0n) is 10.7. The average molecular weight is 241 g/mol. The Morgan fingerprint density at radius 3 is 2.71 bits per heavy atom. The molecule has 1 saturated carbocycles. The third-order valence-electron chi connectivity index (χ3n) is 4.25. The van der Waals surface area contributed by atoms with Gasteiger partial charge in [-0.1, -0.05) is 12.8 Å². The number of rotatable bonds is 4. The van der Waals surface area contributed by atoms with Crippen LogP contribution in [-0.2, 0) is 9.53 Å². The lowest BCUT2D eigenvalue weighted by molar-refractivity contribution is -0.142. The van der Waals surface area contributed by atoms with E-state index in [1.807, 2.05) is 4.90 Å². The monoisotopic (exact) mass is 241 g/mol. The van der Waals surface area contributed by atoms with Gasteiger partial charge in [-0.2, -0.15) is 0 Å². The largest absolute Gasteiger partial charge is 0.391 e. The lowest BCUT2D eigenvalue weighted by Gasteiger charge is -2.32. The first-order valence-electron chi connectivity index (χ1n) is 6.64. The Kier molecular flexibility index (Phi) is 4.05. The van der Waals surface area contributed by atoms with E-state index in [0.29, 0.717) is 19.7 Å². The minimum Gasteiger partial charge on any atom is -0.391 e. The SMILES string of the molecule is COCCC1(C(=O)N2CC[C@@H](O)C2)CCCC1. The number of methoxy groups -OCH3 is 1. The third-order valence-corrected chi connectivity index (χ3v) is 4.25. The predicted molar refractivity (Wildman–Crippen MR) is 64.6 cm³/mol. The van der Waals surface area contributed by atoms with Crippen LogP contribution in [0.15, 0.2) is 0 Å². The first kappa shape index (κ1) is 12.8. The van der Waals surface area contributed by atoms with E-state index in [1.165, 1.54) is 0 Å². The lowest BCUT2D eigenvalue weighted by Crippen LogP contribution is -2.42. The van der Waals surface area contributed by atoms with Crippen LogP contribution in [0.25, 0.3) is 0 Å². The summed E-state index contributed by atoms with van der Waals surface area (Å²) in [6.45, 7) is 1.89. The van der Waals surface area contributed by atoms with E-state index in [0.717, 1.165) is 38.5 Å². The van der Waals surface area contributed by atoms with Crippen molar-refractivity contribution >= 4 is 5.91 Å². The molecule has 4 nitrogen and oxygen atoms in total. The number of ether oxygens (including phenoxy) is 1. The molecule has 1 amide bonds. The molecule has 1 aliphatic carbocycles. The Bertz CT molecular complexity index is 274. The summed E-state index contributed by atoms with van der Waals surface area (Å²) in [7, 11) is 1.69. The van der Waals surface area contributed by atoms with Crippen LogP contribution >= 0.6 is 0 Å². The molecular weight excluding hydrogens is 218 g/mol. The summed E-state index contributed by atoms with van der Waals surface area (Å²) in [5.41, 5.74) is -0.194. The van der Waals surface area contributed by atoms with Gasteiger partial charge < -0.3 is 14.7 Å². The van der Waals surface area contributed by atoms with E-state index < -0.39 is 0 Å². The van der Waals surface area contributed by atoms with Gasteiger partial charge >= 0.3 is 0 Å². The molecule has 2 rings (SSSR count). The number of hydrogen-bond donors (Lipinski definition) is 1. The second-order valence-electron chi connectivity index (χ2n) is 5.42. The standard InChI is InChI=1S/C13H23NO3/c1-17-9-7-13(5-2-3-6-13)12(16)14-8-4-11(15)10-14/h11,15H,2-10H2,1H3/t11-/m1/s1. The van der Waals surface area contributed by atoms with Crippen molar-refractivity contribution in [2.24, 2.45) is 5.41 Å². The van der Waals surface area contributed by atoms with Crippen LogP contribution in [-0.4, -0.2) is 48.8 Å². The number of carbonyl (C=O) groups excluding carboxylic acids is 1. The smallest absolute Gasteiger partial charge is 0.228 e. The van der Waals surface area contributed by atoms with E-state index in [9.17, 15) is 9.90 Å². The molecule has 0 aromatic heterocycles. The van der Waals surface area contributed by atoms with Gasteiger partial charge in [0, 0.05) is 26.8 Å². The van der Waals surface area contributed by atoms with Crippen molar-refractivity contribution < 1.29 is 14.6 Å². The van der Waals surface area contributed by atoms with Crippen LogP contribution in [0.5, 0.6) is 0 Å². The fraction of sp³-hybridized carbons (Fsp3) is 0.923. The van der Waals surface area contributed by atoms with Gasteiger partial charge in [0.25, 0.3) is 0 Å². The van der Waals surface area contributed by atoms with Gasteiger partial charge in [-0.15, -0.1) is 0 Å². The highest BCUT2D eigenvalue weighted by atomic mass is 16.5. The quantitative estimate of drug-likeness (QED) is 0.804. The molecule has 2 aliphatic rings. The van der Waals surface area contributed by atoms with Crippen LogP contribution in [0.4, 0.5) is 0 Å². The molecular formula is C13H23NO3. The Morgan fingerprint density at radius 2 is 2.18 bits per heavy atom. The molecule has 1 atom stereocenters. The van der Waals surface area contributed by atoms with Crippen LogP contribution in [0, 0.1) is 5.41 Å². The number of β-amino-alcohol motifs (C(OH)–C–C–N with tert-alkyl or cyclic N) is 1. The van der Waals surface area contributed by atoms with Gasteiger partial charge in [-0.3, -0.25) is 4.79 Å². The van der Waals surface area contributed by atoms with Gasteiger partial charge in [0.2, 0.25) is 5.91 Å². The molecule has 2 fully saturated rings. The summed E-state index contributed by atoms with van der Waals surface area (Å²) in [6.07, 6.45) is 5.50. The van der Waals surface area contributed by atoms with Crippen molar-refractivity contribution in [1.29, 1.82) is 0 Å². The molecule has 0 spiro atoms. The number of aliphatic hydroxyl groups excluding tert-OH is 1. The number of aliphatic hydroxyl groups is 1. The molecule has 0 bridgehead atoms. The summed E-state index contributed by atoms with van der Waals surface area (Å²) < 4.78 is 5.14. The highest BCUT2D eigenvalue weighted by Gasteiger charge is 2.44. The van der Waals surface area contributed by atoms with E-state index >= 15 is 0 Å². The van der Waals surface area contributed by atoms with Crippen LogP contribution < -0.4 is 0 Å². The van der Waals surface area contributed by atoms with Gasteiger partial charge in [0.05, 0.1) is 11.5 Å². The average Bonchev–Trinajstić information content (AvgIpc) is 2.95. The third kappa shape index (κ3) is 2.63. The Labute approximate surface area is 103 Å². The molecule has 4 heteroatoms. The van der Waals surface area contributed by atoms with Crippen molar-refractivity contribution in [3.05, 3.63) is 0 Å². The maximum Gasteiger partial charge on any atom is 0.228 e. The topological polar surface area (TPSA) is 49.8 Å². The normalized spacial score (nSPS) is 27.6. The second-order valence-corrected chi connectivity index (χ2v) is 5.42. The summed E-state index contributed by atoms with van der Waals surface area (Å²) in [5, 5.41) is 9.53. The van der Waals surface area contributed by atoms with Gasteiger partial charge in [-0.25, -0.2) is 0 Å². The molecule has 1 saturated heterocycles. The molecule has 0 aromatic carbocycles. The second kappa shape index (κ2) is 5.36. The Balaban J connectivity index is 2.02. The van der Waals surface area contributed by atoms with Gasteiger partial charge in [-0.05, 0) is 25.7 Å². The summed E-state index contributed by atoms with van der Waals surface area (Å²) >= 11 is 0. The van der Waals surface area contributed by atoms with Gasteiger partial charge in [0.1, 0.15) is 0 Å². The van der Waals surface area contributed by atoms with E-state index in [1.54, 1.807) is 7.11 Å². The molecule has 1 aliphatic heterocycles. The zero-order chi connectivity index (χ0) is 12.3. The highest BCUT2D eigenvalue weighted by Crippen LogP contribution is 2.43. The van der Waals surface area contributed by atoms with Crippen LogP contribution in [0.1, 0.15) is 38.5 Å². The van der Waals surface area contributed by atoms with Crippen molar-refractivity contribution in [2.75, 3.05) is 26.8 Å². The fourth-order valence-electron chi connectivity index (χ4n) is 3.18. The van der Waals surface area contributed by atoms with E-state index in [2.05, 4.69) is 0 Å². The van der Waals surface area contributed by atoms with Crippen molar-refractivity contribution in [1.82, 2.24) is 4.90 Å². The first-order valence-corrected chi connectivity index (χ1v) is 6.64. The molecule has 17 heavy (non-hydrogen) atoms. The summed E-state index contributed by atoms with van der Waals surface area (Å²) in [6, 6.07) is 0. The number of amides is 1. The molecule has 1 heterocycles. The van der Waals surface area contributed by atoms with E-state index in [-0.39, 0.29) is 17.4 Å². The van der Waals surface area contributed by atoms with Crippen molar-refractivity contribution in [3.8, 4) is 0 Å². The Morgan fingerprint density at radius 1 is 1.47 bits per heavy atom. The first-order chi connectivity index (χ1) is 8.18. The molecule has 0 aromatic rings. The lowest BCUT2D eigenvalue weighted by atomic mass is 9.81. The minimum atomic E-state index is -0.320. The molecule has 0 radical (unpaired) electrons. The number of nitrogens with zero attached hydrogens (tertiary/aromatic N) is 1. The van der Waals surface area contributed by atoms with Crippen molar-refractivity contribution in [2.45, 2.75) is 44.6 Å². The number of likely N-dealkylation sites (tertiary alicyclic amines) is 1. The van der Waals surface area contributed by atoms with Crippen LogP contribution in [0.3, 0.4) is 0 Å². The molecule has 0 unspecified atom stereocenters. The van der Waals surface area contributed by atoms with E-state index in [4.69, 9.17) is 4.74 Å².